The van der Waals surface area contributed by atoms with Crippen LogP contribution in [0, 0.1) is 28.4 Å². The topological polar surface area (TPSA) is 69.3 Å². The Labute approximate surface area is 221 Å². The summed E-state index contributed by atoms with van der Waals surface area (Å²) in [4.78, 5) is 4.25. The van der Waals surface area contributed by atoms with Gasteiger partial charge in [-0.25, -0.2) is 13.5 Å². The molecule has 2 aromatic carbocycles. The lowest BCUT2D eigenvalue weighted by Gasteiger charge is -2.33. The van der Waals surface area contributed by atoms with Crippen molar-refractivity contribution in [1.82, 2.24) is 14.7 Å². The van der Waals surface area contributed by atoms with Crippen LogP contribution in [0.4, 0.5) is 20.3 Å². The van der Waals surface area contributed by atoms with E-state index < -0.39 is 11.6 Å². The number of anilines is 2. The number of benzene rings is 2. The minimum atomic E-state index is -0.631. The van der Waals surface area contributed by atoms with Gasteiger partial charge in [0.2, 0.25) is 0 Å². The monoisotopic (exact) mass is 518 g/mol. The van der Waals surface area contributed by atoms with Crippen molar-refractivity contribution in [3.8, 4) is 23.0 Å². The average Bonchev–Trinajstić information content (AvgIpc) is 3.57. The van der Waals surface area contributed by atoms with Gasteiger partial charge >= 0.3 is 0 Å². The zero-order valence-corrected chi connectivity index (χ0v) is 21.9. The summed E-state index contributed by atoms with van der Waals surface area (Å²) in [7, 11) is 3.74. The molecule has 5 rings (SSSR count). The molecule has 9 heteroatoms. The van der Waals surface area contributed by atoms with Crippen LogP contribution >= 0.6 is 0 Å². The summed E-state index contributed by atoms with van der Waals surface area (Å²) < 4.78 is 37.1. The molecule has 0 spiro atoms. The SMILES string of the molecule is CO[C@H]1CCN(c2ccc(-n3nc(NCC4(C)C=CN(C)CC4)cc3-c3ccc(C#N)c(F)c3)c(F)c2)C1. The molecule has 198 valence electrons. The minimum absolute atomic E-state index is 0.0457. The standard InChI is InChI=1S/C29H32F2N6O/c1-29(9-12-35(2)13-10-29)19-33-28-16-27(20-4-5-21(17-32)24(30)14-20)37(34-28)26-7-6-22(15-25(26)31)36-11-8-23(18-36)38-3/h4-7,9,12,14-16,23H,8,10-11,13,18-19H2,1-3H3,(H,33,34)/t23-,29?/m0/s1. The Morgan fingerprint density at radius 3 is 2.66 bits per heavy atom. The summed E-state index contributed by atoms with van der Waals surface area (Å²) in [6.07, 6.45) is 6.28. The van der Waals surface area contributed by atoms with E-state index in [9.17, 15) is 4.39 Å². The van der Waals surface area contributed by atoms with Gasteiger partial charge in [-0.05, 0) is 49.4 Å². The number of nitrogens with zero attached hydrogens (tertiary/aromatic N) is 5. The quantitative estimate of drug-likeness (QED) is 0.465. The van der Waals surface area contributed by atoms with Gasteiger partial charge in [0.25, 0.3) is 0 Å². The second-order valence-electron chi connectivity index (χ2n) is 10.4. The third-order valence-electron chi connectivity index (χ3n) is 7.54. The van der Waals surface area contributed by atoms with Gasteiger partial charge in [0.15, 0.2) is 5.82 Å². The van der Waals surface area contributed by atoms with Crippen LogP contribution in [0.3, 0.4) is 0 Å². The Hall–Kier alpha value is -3.90. The van der Waals surface area contributed by atoms with Crippen molar-refractivity contribution in [2.45, 2.75) is 25.9 Å². The number of halogens is 2. The minimum Gasteiger partial charge on any atom is -0.381 e. The van der Waals surface area contributed by atoms with E-state index >= 15 is 4.39 Å². The highest BCUT2D eigenvalue weighted by Crippen LogP contribution is 2.32. The molecule has 2 atom stereocenters. The molecular weight excluding hydrogens is 486 g/mol. The maximum Gasteiger partial charge on any atom is 0.150 e. The van der Waals surface area contributed by atoms with Crippen LogP contribution in [0.2, 0.25) is 0 Å². The molecule has 0 amide bonds. The Bertz CT molecular complexity index is 1400. The van der Waals surface area contributed by atoms with E-state index in [-0.39, 0.29) is 22.8 Å². The fourth-order valence-electron chi connectivity index (χ4n) is 4.98. The van der Waals surface area contributed by atoms with Gasteiger partial charge in [-0.15, -0.1) is 5.10 Å². The average molecular weight is 519 g/mol. The second-order valence-corrected chi connectivity index (χ2v) is 10.4. The second kappa shape index (κ2) is 10.5. The summed E-state index contributed by atoms with van der Waals surface area (Å²) in [6.45, 7) is 5.29. The van der Waals surface area contributed by atoms with Crippen molar-refractivity contribution in [1.29, 1.82) is 5.26 Å². The lowest BCUT2D eigenvalue weighted by Crippen LogP contribution is -2.32. The number of hydrogen-bond donors (Lipinski definition) is 1. The molecule has 1 fully saturated rings. The lowest BCUT2D eigenvalue weighted by atomic mass is 9.84. The Kier molecular flexibility index (Phi) is 7.09. The van der Waals surface area contributed by atoms with Crippen LogP contribution < -0.4 is 10.2 Å². The molecule has 1 saturated heterocycles. The first-order chi connectivity index (χ1) is 18.3. The first kappa shape index (κ1) is 25.7. The zero-order chi connectivity index (χ0) is 26.9. The van der Waals surface area contributed by atoms with Gasteiger partial charge in [0, 0.05) is 63.1 Å². The molecule has 0 aliphatic carbocycles. The Morgan fingerprint density at radius 1 is 1.16 bits per heavy atom. The van der Waals surface area contributed by atoms with Crippen molar-refractivity contribution < 1.29 is 13.5 Å². The largest absolute Gasteiger partial charge is 0.381 e. The van der Waals surface area contributed by atoms with E-state index in [0.29, 0.717) is 30.2 Å². The van der Waals surface area contributed by atoms with E-state index in [1.165, 1.54) is 22.9 Å². The van der Waals surface area contributed by atoms with E-state index in [1.807, 2.05) is 19.2 Å². The van der Waals surface area contributed by atoms with Gasteiger partial charge in [-0.1, -0.05) is 19.1 Å². The summed E-state index contributed by atoms with van der Waals surface area (Å²) >= 11 is 0. The number of nitriles is 1. The molecular formula is C29H32F2N6O. The maximum absolute atomic E-state index is 15.6. The fraction of sp³-hybridized carbons (Fsp3) is 0.379. The maximum atomic E-state index is 15.6. The fourth-order valence-corrected chi connectivity index (χ4v) is 4.98. The molecule has 1 unspecified atom stereocenters. The highest BCUT2D eigenvalue weighted by Gasteiger charge is 2.26. The van der Waals surface area contributed by atoms with Crippen LogP contribution in [-0.2, 0) is 4.74 Å². The first-order valence-electron chi connectivity index (χ1n) is 12.8. The third-order valence-corrected chi connectivity index (χ3v) is 7.54. The number of aromatic nitrogens is 2. The highest BCUT2D eigenvalue weighted by molar-refractivity contribution is 5.68. The smallest absolute Gasteiger partial charge is 0.150 e. The van der Waals surface area contributed by atoms with Gasteiger partial charge in [0.1, 0.15) is 23.4 Å². The number of hydrogen-bond acceptors (Lipinski definition) is 6. The number of nitrogens with one attached hydrogen (secondary N) is 1. The van der Waals surface area contributed by atoms with E-state index in [4.69, 9.17) is 10.00 Å². The molecule has 3 heterocycles. The molecule has 1 aromatic heterocycles. The van der Waals surface area contributed by atoms with Crippen LogP contribution in [0.25, 0.3) is 16.9 Å². The van der Waals surface area contributed by atoms with Crippen molar-refractivity contribution in [3.05, 3.63) is 71.9 Å². The predicted molar refractivity (Wildman–Crippen MR) is 144 cm³/mol. The Morgan fingerprint density at radius 2 is 2.00 bits per heavy atom. The zero-order valence-electron chi connectivity index (χ0n) is 21.9. The molecule has 2 aliphatic heterocycles. The summed E-state index contributed by atoms with van der Waals surface area (Å²) in [5, 5.41) is 17.2. The molecule has 0 radical (unpaired) electrons. The molecule has 0 saturated carbocycles. The van der Waals surface area contributed by atoms with E-state index in [0.717, 1.165) is 31.6 Å². The summed E-state index contributed by atoms with van der Waals surface area (Å²) in [5.74, 6) is -0.503. The molecule has 2 aliphatic rings. The van der Waals surface area contributed by atoms with Crippen LogP contribution in [0.5, 0.6) is 0 Å². The van der Waals surface area contributed by atoms with Gasteiger partial charge in [0.05, 0.1) is 17.4 Å². The van der Waals surface area contributed by atoms with Gasteiger partial charge < -0.3 is 19.9 Å². The number of methoxy groups -OCH3 is 1. The number of ether oxygens (including phenoxy) is 1. The third kappa shape index (κ3) is 5.22. The van der Waals surface area contributed by atoms with Crippen LogP contribution in [0.15, 0.2) is 54.7 Å². The van der Waals surface area contributed by atoms with E-state index in [1.54, 1.807) is 25.3 Å². The lowest BCUT2D eigenvalue weighted by molar-refractivity contribution is 0.121. The molecule has 38 heavy (non-hydrogen) atoms. The highest BCUT2D eigenvalue weighted by atomic mass is 19.1. The predicted octanol–water partition coefficient (Wildman–Crippen LogP) is 5.18. The summed E-state index contributed by atoms with van der Waals surface area (Å²) in [6, 6.07) is 13.1. The molecule has 7 nitrogen and oxygen atoms in total. The van der Waals surface area contributed by atoms with E-state index in [2.05, 4.69) is 39.4 Å². The van der Waals surface area contributed by atoms with Crippen LogP contribution in [0.1, 0.15) is 25.3 Å². The normalized spacial score (nSPS) is 21.1. The van der Waals surface area contributed by atoms with Gasteiger partial charge in [-0.2, -0.15) is 5.26 Å². The molecule has 0 bridgehead atoms. The Balaban J connectivity index is 1.49. The number of rotatable bonds is 7. The summed E-state index contributed by atoms with van der Waals surface area (Å²) in [5.41, 5.74) is 1.96. The first-order valence-corrected chi connectivity index (χ1v) is 12.8. The van der Waals surface area contributed by atoms with Crippen molar-refractivity contribution in [2.24, 2.45) is 5.41 Å². The molecule has 3 aromatic rings. The van der Waals surface area contributed by atoms with Crippen molar-refractivity contribution in [2.75, 3.05) is 50.6 Å². The van der Waals surface area contributed by atoms with Crippen molar-refractivity contribution in [3.63, 3.8) is 0 Å². The van der Waals surface area contributed by atoms with Crippen LogP contribution in [-0.4, -0.2) is 61.1 Å². The van der Waals surface area contributed by atoms with Crippen molar-refractivity contribution >= 4 is 11.5 Å². The molecule has 1 N–H and O–H groups in total. The van der Waals surface area contributed by atoms with Gasteiger partial charge in [-0.3, -0.25) is 0 Å².